The highest BCUT2D eigenvalue weighted by molar-refractivity contribution is 5.76. The van der Waals surface area contributed by atoms with Crippen molar-refractivity contribution in [1.82, 2.24) is 9.80 Å². The summed E-state index contributed by atoms with van der Waals surface area (Å²) in [7, 11) is 1.93. The molecule has 0 aliphatic carbocycles. The molecule has 2 saturated heterocycles. The van der Waals surface area contributed by atoms with Crippen molar-refractivity contribution in [2.45, 2.75) is 19.8 Å². The molecule has 2 aliphatic heterocycles. The molecule has 1 amide bonds. The predicted octanol–water partition coefficient (Wildman–Crippen LogP) is 1.99. The summed E-state index contributed by atoms with van der Waals surface area (Å²) in [5, 5.41) is 0. The Morgan fingerprint density at radius 3 is 2.41 bits per heavy atom. The third kappa shape index (κ3) is 3.61. The third-order valence-electron chi connectivity index (χ3n) is 5.01. The normalized spacial score (nSPS) is 23.9. The molecule has 1 aromatic rings. The Bertz CT molecular complexity index is 506. The fourth-order valence-electron chi connectivity index (χ4n) is 3.56. The number of likely N-dealkylation sites (tertiary alicyclic amines) is 1. The van der Waals surface area contributed by atoms with Crippen LogP contribution in [0, 0.1) is 12.8 Å². The fraction of sp³-hybridized carbons (Fsp3) is 0.611. The van der Waals surface area contributed by atoms with E-state index in [1.165, 1.54) is 11.3 Å². The van der Waals surface area contributed by atoms with Crippen molar-refractivity contribution in [2.75, 3.05) is 51.2 Å². The Labute approximate surface area is 133 Å². The Morgan fingerprint density at radius 1 is 1.09 bits per heavy atom. The first-order valence-electron chi connectivity index (χ1n) is 8.40. The molecule has 1 aromatic carbocycles. The number of piperazine rings is 1. The molecule has 2 heterocycles. The molecule has 3 rings (SSSR count). The van der Waals surface area contributed by atoms with Gasteiger partial charge in [-0.3, -0.25) is 9.69 Å². The van der Waals surface area contributed by atoms with Gasteiger partial charge in [0.2, 0.25) is 5.91 Å². The lowest BCUT2D eigenvalue weighted by Crippen LogP contribution is -2.49. The molecule has 0 N–H and O–H groups in total. The molecule has 2 fully saturated rings. The summed E-state index contributed by atoms with van der Waals surface area (Å²) in [6, 6.07) is 8.84. The molecule has 120 valence electrons. The number of rotatable bonds is 3. The van der Waals surface area contributed by atoms with Crippen LogP contribution in [0.15, 0.2) is 24.3 Å². The second-order valence-electron chi connectivity index (χ2n) is 6.80. The van der Waals surface area contributed by atoms with E-state index < -0.39 is 0 Å². The summed E-state index contributed by atoms with van der Waals surface area (Å²) < 4.78 is 0. The van der Waals surface area contributed by atoms with Crippen LogP contribution in [0.5, 0.6) is 0 Å². The molecule has 0 aromatic heterocycles. The number of aryl methyl sites for hydroxylation is 1. The zero-order chi connectivity index (χ0) is 15.5. The first-order valence-corrected chi connectivity index (χ1v) is 8.40. The Hall–Kier alpha value is -1.55. The van der Waals surface area contributed by atoms with E-state index in [-0.39, 0.29) is 0 Å². The number of nitrogens with zero attached hydrogens (tertiary/aromatic N) is 3. The van der Waals surface area contributed by atoms with Gasteiger partial charge < -0.3 is 9.80 Å². The van der Waals surface area contributed by atoms with Crippen molar-refractivity contribution in [3.05, 3.63) is 29.8 Å². The van der Waals surface area contributed by atoms with Crippen LogP contribution in [-0.4, -0.2) is 62.0 Å². The van der Waals surface area contributed by atoms with Gasteiger partial charge >= 0.3 is 0 Å². The van der Waals surface area contributed by atoms with E-state index in [4.69, 9.17) is 0 Å². The van der Waals surface area contributed by atoms with Crippen LogP contribution in [0.3, 0.4) is 0 Å². The number of carbonyl (C=O) groups is 1. The van der Waals surface area contributed by atoms with Gasteiger partial charge in [-0.05, 0) is 31.4 Å². The Kier molecular flexibility index (Phi) is 4.67. The topological polar surface area (TPSA) is 26.8 Å². The number of carbonyl (C=O) groups excluding carboxylic acids is 1. The molecule has 0 radical (unpaired) electrons. The summed E-state index contributed by atoms with van der Waals surface area (Å²) in [5.41, 5.74) is 2.66. The monoisotopic (exact) mass is 301 g/mol. The number of piperidine rings is 1. The lowest BCUT2D eigenvalue weighted by atomic mass is 9.97. The molecular weight excluding hydrogens is 274 g/mol. The molecule has 2 aliphatic rings. The van der Waals surface area contributed by atoms with E-state index in [9.17, 15) is 4.79 Å². The summed E-state index contributed by atoms with van der Waals surface area (Å²) >= 11 is 0. The maximum absolute atomic E-state index is 11.6. The number of anilines is 1. The predicted molar refractivity (Wildman–Crippen MR) is 90.2 cm³/mol. The van der Waals surface area contributed by atoms with Crippen LogP contribution in [0.2, 0.25) is 0 Å². The van der Waals surface area contributed by atoms with Gasteiger partial charge in [-0.1, -0.05) is 17.7 Å². The van der Waals surface area contributed by atoms with E-state index in [1.807, 2.05) is 11.9 Å². The smallest absolute Gasteiger partial charge is 0.222 e. The van der Waals surface area contributed by atoms with E-state index in [0.29, 0.717) is 11.8 Å². The molecule has 1 unspecified atom stereocenters. The highest BCUT2D eigenvalue weighted by Gasteiger charge is 2.26. The number of amides is 1. The molecule has 0 bridgehead atoms. The summed E-state index contributed by atoms with van der Waals surface area (Å²) in [5.74, 6) is 0.953. The maximum atomic E-state index is 11.6. The van der Waals surface area contributed by atoms with Crippen LogP contribution in [0.4, 0.5) is 5.69 Å². The van der Waals surface area contributed by atoms with Crippen LogP contribution in [-0.2, 0) is 4.79 Å². The van der Waals surface area contributed by atoms with Crippen molar-refractivity contribution >= 4 is 11.6 Å². The third-order valence-corrected chi connectivity index (χ3v) is 5.01. The van der Waals surface area contributed by atoms with Crippen molar-refractivity contribution in [3.8, 4) is 0 Å². The minimum atomic E-state index is 0.306. The second kappa shape index (κ2) is 6.69. The zero-order valence-corrected chi connectivity index (χ0v) is 13.8. The maximum Gasteiger partial charge on any atom is 0.222 e. The van der Waals surface area contributed by atoms with Gasteiger partial charge in [0.15, 0.2) is 0 Å². The number of benzene rings is 1. The van der Waals surface area contributed by atoms with Gasteiger partial charge in [0, 0.05) is 58.4 Å². The number of hydrogen-bond acceptors (Lipinski definition) is 3. The van der Waals surface area contributed by atoms with Gasteiger partial charge in [0.1, 0.15) is 0 Å². The highest BCUT2D eigenvalue weighted by Crippen LogP contribution is 2.20. The summed E-state index contributed by atoms with van der Waals surface area (Å²) in [6.45, 7) is 8.66. The lowest BCUT2D eigenvalue weighted by molar-refractivity contribution is -0.133. The lowest BCUT2D eigenvalue weighted by Gasteiger charge is -2.39. The Balaban J connectivity index is 1.47. The van der Waals surface area contributed by atoms with Crippen molar-refractivity contribution in [3.63, 3.8) is 0 Å². The van der Waals surface area contributed by atoms with E-state index in [0.717, 1.165) is 52.1 Å². The van der Waals surface area contributed by atoms with Gasteiger partial charge in [-0.15, -0.1) is 0 Å². The van der Waals surface area contributed by atoms with E-state index in [1.54, 1.807) is 0 Å². The van der Waals surface area contributed by atoms with Crippen LogP contribution in [0.1, 0.15) is 18.4 Å². The van der Waals surface area contributed by atoms with Gasteiger partial charge in [0.05, 0.1) is 0 Å². The zero-order valence-electron chi connectivity index (χ0n) is 13.8. The SMILES string of the molecule is Cc1ccc(N2CCN(CC3CCC(=O)N(C)C3)CC2)cc1. The van der Waals surface area contributed by atoms with E-state index in [2.05, 4.69) is 41.0 Å². The Morgan fingerprint density at radius 2 is 1.77 bits per heavy atom. The minimum Gasteiger partial charge on any atom is -0.369 e. The fourth-order valence-corrected chi connectivity index (χ4v) is 3.56. The first-order chi connectivity index (χ1) is 10.6. The largest absolute Gasteiger partial charge is 0.369 e. The average Bonchev–Trinajstić information content (AvgIpc) is 2.53. The minimum absolute atomic E-state index is 0.306. The van der Waals surface area contributed by atoms with Crippen molar-refractivity contribution in [1.29, 1.82) is 0 Å². The quantitative estimate of drug-likeness (QED) is 0.854. The molecule has 1 atom stereocenters. The summed E-state index contributed by atoms with van der Waals surface area (Å²) in [6.07, 6.45) is 1.78. The van der Waals surface area contributed by atoms with Crippen molar-refractivity contribution in [2.24, 2.45) is 5.92 Å². The molecule has 0 spiro atoms. The van der Waals surface area contributed by atoms with E-state index >= 15 is 0 Å². The second-order valence-corrected chi connectivity index (χ2v) is 6.80. The van der Waals surface area contributed by atoms with Gasteiger partial charge in [-0.2, -0.15) is 0 Å². The van der Waals surface area contributed by atoms with Crippen molar-refractivity contribution < 1.29 is 4.79 Å². The number of hydrogen-bond donors (Lipinski definition) is 0. The van der Waals surface area contributed by atoms with Gasteiger partial charge in [0.25, 0.3) is 0 Å². The molecule has 22 heavy (non-hydrogen) atoms. The molecule has 4 nitrogen and oxygen atoms in total. The highest BCUT2D eigenvalue weighted by atomic mass is 16.2. The molecule has 4 heteroatoms. The average molecular weight is 301 g/mol. The molecular formula is C18H27N3O. The molecule has 0 saturated carbocycles. The van der Waals surface area contributed by atoms with Crippen LogP contribution >= 0.6 is 0 Å². The van der Waals surface area contributed by atoms with Crippen LogP contribution < -0.4 is 4.90 Å². The summed E-state index contributed by atoms with van der Waals surface area (Å²) in [4.78, 5) is 18.5. The standard InChI is InChI=1S/C18H27N3O/c1-15-3-6-17(7-4-15)21-11-9-20(10-12-21)14-16-5-8-18(22)19(2)13-16/h3-4,6-7,16H,5,8-14H2,1-2H3. The van der Waals surface area contributed by atoms with Crippen LogP contribution in [0.25, 0.3) is 0 Å². The van der Waals surface area contributed by atoms with Gasteiger partial charge in [-0.25, -0.2) is 0 Å². The first kappa shape index (κ1) is 15.3.